The zero-order chi connectivity index (χ0) is 14.8. The lowest BCUT2D eigenvalue weighted by atomic mass is 10.0. The maximum absolute atomic E-state index is 12.8. The average molecular weight is 286 g/mol. The van der Waals surface area contributed by atoms with Crippen LogP contribution in [0.5, 0.6) is 0 Å². The molecule has 1 aromatic carbocycles. The molecule has 0 heterocycles. The van der Waals surface area contributed by atoms with Gasteiger partial charge in [0.2, 0.25) is 0 Å². The molecule has 1 aliphatic rings. The number of nitrogens with one attached hydrogen (secondary N) is 1. The molecule has 0 aromatic heterocycles. The Morgan fingerprint density at radius 3 is 2.45 bits per heavy atom. The summed E-state index contributed by atoms with van der Waals surface area (Å²) in [5.74, 6) is 0. The summed E-state index contributed by atoms with van der Waals surface area (Å²) in [5, 5.41) is 3.18. The molecule has 1 fully saturated rings. The van der Waals surface area contributed by atoms with Crippen molar-refractivity contribution in [3.63, 3.8) is 0 Å². The number of hydrogen-bond donors (Lipinski definition) is 1. The molecule has 1 saturated carbocycles. The van der Waals surface area contributed by atoms with Crippen molar-refractivity contribution in [3.8, 4) is 0 Å². The molecule has 2 rings (SSSR count). The molecule has 0 bridgehead atoms. The number of rotatable bonds is 6. The van der Waals surface area contributed by atoms with Crippen molar-refractivity contribution >= 4 is 5.69 Å². The van der Waals surface area contributed by atoms with Gasteiger partial charge in [0, 0.05) is 17.8 Å². The first-order valence-corrected chi connectivity index (χ1v) is 7.06. The summed E-state index contributed by atoms with van der Waals surface area (Å²) in [7, 11) is 1.84. The zero-order valence-corrected chi connectivity index (χ0v) is 11.9. The van der Waals surface area contributed by atoms with Crippen LogP contribution in [0.25, 0.3) is 0 Å². The molecule has 0 saturated heterocycles. The number of halogens is 3. The van der Waals surface area contributed by atoms with Crippen LogP contribution in [0.4, 0.5) is 18.9 Å². The molecule has 20 heavy (non-hydrogen) atoms. The van der Waals surface area contributed by atoms with Gasteiger partial charge in [0.05, 0.1) is 0 Å². The van der Waals surface area contributed by atoms with Gasteiger partial charge < -0.3 is 10.2 Å². The van der Waals surface area contributed by atoms with Gasteiger partial charge in [-0.05, 0) is 37.9 Å². The normalized spacial score (nSPS) is 17.1. The number of hydrogen-bond acceptors (Lipinski definition) is 2. The molecule has 2 nitrogen and oxygen atoms in total. The first-order chi connectivity index (χ1) is 9.46. The Morgan fingerprint density at radius 1 is 1.30 bits per heavy atom. The molecule has 1 aromatic rings. The van der Waals surface area contributed by atoms with Gasteiger partial charge in [-0.1, -0.05) is 25.1 Å². The standard InChI is InChI=1S/C15H21F3N2/c1-3-13(19-2)12-6-4-5-7-14(12)20(11-8-9-11)10-15(16,17)18/h4-7,11,13,19H,3,8-10H2,1-2H3. The Hall–Kier alpha value is -1.23. The van der Waals surface area contributed by atoms with E-state index in [0.29, 0.717) is 5.69 Å². The minimum Gasteiger partial charge on any atom is -0.359 e. The summed E-state index contributed by atoms with van der Waals surface area (Å²) in [6.07, 6.45) is -1.63. The van der Waals surface area contributed by atoms with E-state index in [9.17, 15) is 13.2 Å². The molecule has 5 heteroatoms. The molecule has 112 valence electrons. The molecule has 1 aliphatic carbocycles. The van der Waals surface area contributed by atoms with E-state index in [1.807, 2.05) is 32.2 Å². The first-order valence-electron chi connectivity index (χ1n) is 7.06. The third kappa shape index (κ3) is 3.66. The van der Waals surface area contributed by atoms with Gasteiger partial charge in [0.15, 0.2) is 0 Å². The Kier molecular flexibility index (Phi) is 4.58. The zero-order valence-electron chi connectivity index (χ0n) is 11.9. The van der Waals surface area contributed by atoms with Crippen LogP contribution in [0.3, 0.4) is 0 Å². The second kappa shape index (κ2) is 6.04. The number of alkyl halides is 3. The van der Waals surface area contributed by atoms with Gasteiger partial charge in [-0.3, -0.25) is 0 Å². The van der Waals surface area contributed by atoms with Crippen molar-refractivity contribution in [3.05, 3.63) is 29.8 Å². The maximum atomic E-state index is 12.8. The highest BCUT2D eigenvalue weighted by molar-refractivity contribution is 5.57. The Morgan fingerprint density at radius 2 is 1.95 bits per heavy atom. The summed E-state index contributed by atoms with van der Waals surface area (Å²) in [6, 6.07) is 7.54. The summed E-state index contributed by atoms with van der Waals surface area (Å²) in [6.45, 7) is 1.16. The van der Waals surface area contributed by atoms with Crippen molar-refractivity contribution in [2.75, 3.05) is 18.5 Å². The van der Waals surface area contributed by atoms with Gasteiger partial charge in [-0.2, -0.15) is 13.2 Å². The van der Waals surface area contributed by atoms with Crippen LogP contribution in [0, 0.1) is 0 Å². The third-order valence-electron chi connectivity index (χ3n) is 3.72. The lowest BCUT2D eigenvalue weighted by molar-refractivity contribution is -0.120. The Balaban J connectivity index is 2.33. The smallest absolute Gasteiger partial charge is 0.359 e. The Labute approximate surface area is 118 Å². The summed E-state index contributed by atoms with van der Waals surface area (Å²) >= 11 is 0. The lowest BCUT2D eigenvalue weighted by Gasteiger charge is -2.30. The van der Waals surface area contributed by atoms with Crippen LogP contribution in [0.2, 0.25) is 0 Å². The largest absolute Gasteiger partial charge is 0.405 e. The molecule has 1 unspecified atom stereocenters. The minimum absolute atomic E-state index is 0.0344. The molecule has 0 radical (unpaired) electrons. The van der Waals surface area contributed by atoms with Crippen molar-refractivity contribution in [1.29, 1.82) is 0 Å². The van der Waals surface area contributed by atoms with E-state index in [2.05, 4.69) is 5.32 Å². The van der Waals surface area contributed by atoms with Crippen LogP contribution >= 0.6 is 0 Å². The predicted octanol–water partition coefficient (Wildman–Crippen LogP) is 3.89. The van der Waals surface area contributed by atoms with E-state index < -0.39 is 12.7 Å². The molecule has 1 N–H and O–H groups in total. The number of benzene rings is 1. The van der Waals surface area contributed by atoms with Gasteiger partial charge in [-0.25, -0.2) is 0 Å². The fraction of sp³-hybridized carbons (Fsp3) is 0.600. The highest BCUT2D eigenvalue weighted by Crippen LogP contribution is 2.38. The second-order valence-corrected chi connectivity index (χ2v) is 5.28. The number of nitrogens with zero attached hydrogens (tertiary/aromatic N) is 1. The maximum Gasteiger partial charge on any atom is 0.405 e. The van der Waals surface area contributed by atoms with Gasteiger partial charge in [-0.15, -0.1) is 0 Å². The van der Waals surface area contributed by atoms with E-state index in [0.717, 1.165) is 24.8 Å². The summed E-state index contributed by atoms with van der Waals surface area (Å²) in [4.78, 5) is 1.52. The predicted molar refractivity (Wildman–Crippen MR) is 75.0 cm³/mol. The Bertz CT molecular complexity index is 437. The fourth-order valence-electron chi connectivity index (χ4n) is 2.61. The minimum atomic E-state index is -4.17. The fourth-order valence-corrected chi connectivity index (χ4v) is 2.61. The van der Waals surface area contributed by atoms with Crippen LogP contribution < -0.4 is 10.2 Å². The van der Waals surface area contributed by atoms with Crippen LogP contribution in [-0.2, 0) is 0 Å². The monoisotopic (exact) mass is 286 g/mol. The second-order valence-electron chi connectivity index (χ2n) is 5.28. The van der Waals surface area contributed by atoms with E-state index in [1.165, 1.54) is 4.90 Å². The topological polar surface area (TPSA) is 15.3 Å². The van der Waals surface area contributed by atoms with E-state index >= 15 is 0 Å². The molecular weight excluding hydrogens is 265 g/mol. The van der Waals surface area contributed by atoms with Crippen LogP contribution in [-0.4, -0.2) is 25.8 Å². The molecule has 0 amide bonds. The number of anilines is 1. The highest BCUT2D eigenvalue weighted by Gasteiger charge is 2.39. The van der Waals surface area contributed by atoms with Crippen molar-refractivity contribution in [2.24, 2.45) is 0 Å². The van der Waals surface area contributed by atoms with E-state index in [-0.39, 0.29) is 12.1 Å². The molecule has 1 atom stereocenters. The highest BCUT2D eigenvalue weighted by atomic mass is 19.4. The van der Waals surface area contributed by atoms with E-state index in [1.54, 1.807) is 6.07 Å². The van der Waals surface area contributed by atoms with Gasteiger partial charge >= 0.3 is 6.18 Å². The van der Waals surface area contributed by atoms with Gasteiger partial charge in [0.25, 0.3) is 0 Å². The van der Waals surface area contributed by atoms with Crippen molar-refractivity contribution in [1.82, 2.24) is 5.32 Å². The van der Waals surface area contributed by atoms with E-state index in [4.69, 9.17) is 0 Å². The number of para-hydroxylation sites is 1. The molecule has 0 spiro atoms. The summed E-state index contributed by atoms with van der Waals surface area (Å²) < 4.78 is 38.5. The third-order valence-corrected chi connectivity index (χ3v) is 3.72. The molecular formula is C15H21F3N2. The van der Waals surface area contributed by atoms with Crippen LogP contribution in [0.1, 0.15) is 37.8 Å². The first kappa shape index (κ1) is 15.2. The average Bonchev–Trinajstić information content (AvgIpc) is 3.21. The van der Waals surface area contributed by atoms with Crippen molar-refractivity contribution in [2.45, 2.75) is 44.4 Å². The van der Waals surface area contributed by atoms with Crippen LogP contribution in [0.15, 0.2) is 24.3 Å². The van der Waals surface area contributed by atoms with Gasteiger partial charge in [0.1, 0.15) is 6.54 Å². The quantitative estimate of drug-likeness (QED) is 0.853. The lowest BCUT2D eigenvalue weighted by Crippen LogP contribution is -2.37. The summed E-state index contributed by atoms with van der Waals surface area (Å²) in [5.41, 5.74) is 1.67. The van der Waals surface area contributed by atoms with Crippen molar-refractivity contribution < 1.29 is 13.2 Å². The molecule has 0 aliphatic heterocycles. The SMILES string of the molecule is CCC(NC)c1ccccc1N(CC(F)(F)F)C1CC1.